The Morgan fingerprint density at radius 2 is 2.08 bits per heavy atom. The maximum absolute atomic E-state index is 14.3. The minimum absolute atomic E-state index is 0.0135. The van der Waals surface area contributed by atoms with E-state index in [0.717, 1.165) is 21.4 Å². The second kappa shape index (κ2) is 6.39. The van der Waals surface area contributed by atoms with Gasteiger partial charge in [0.1, 0.15) is 23.2 Å². The van der Waals surface area contributed by atoms with Crippen molar-refractivity contribution in [2.45, 2.75) is 20.0 Å². The molecule has 8 heteroatoms. The fraction of sp³-hybridized carbons (Fsp3) is 0.250. The van der Waals surface area contributed by atoms with Crippen LogP contribution >= 0.6 is 0 Å². The lowest BCUT2D eigenvalue weighted by Gasteiger charge is -2.14. The van der Waals surface area contributed by atoms with Crippen LogP contribution in [0.15, 0.2) is 21.7 Å². The van der Waals surface area contributed by atoms with E-state index in [2.05, 4.69) is 11.0 Å². The van der Waals surface area contributed by atoms with Gasteiger partial charge in [-0.3, -0.25) is 9.36 Å². The van der Waals surface area contributed by atoms with Crippen molar-refractivity contribution < 1.29 is 9.13 Å². The molecule has 0 N–H and O–H groups in total. The van der Waals surface area contributed by atoms with Gasteiger partial charge < -0.3 is 4.74 Å². The molecule has 1 aromatic carbocycles. The Morgan fingerprint density at radius 1 is 1.42 bits per heavy atom. The maximum Gasteiger partial charge on any atom is 0.352 e. The number of hydrogen-bond donors (Lipinski definition) is 0. The number of nitriles is 1. The molecular formula is C16H13FN4O3. The molecule has 0 aliphatic rings. The summed E-state index contributed by atoms with van der Waals surface area (Å²) in [5.74, 6) is 1.47. The van der Waals surface area contributed by atoms with E-state index in [9.17, 15) is 14.0 Å². The van der Waals surface area contributed by atoms with Crippen LogP contribution in [0.1, 0.15) is 18.2 Å². The van der Waals surface area contributed by atoms with E-state index in [1.807, 2.05) is 0 Å². The Labute approximate surface area is 136 Å². The predicted molar refractivity (Wildman–Crippen MR) is 83.4 cm³/mol. The molecule has 0 aliphatic carbocycles. The summed E-state index contributed by atoms with van der Waals surface area (Å²) in [6.07, 6.45) is 4.57. The van der Waals surface area contributed by atoms with Gasteiger partial charge in [-0.2, -0.15) is 15.0 Å². The van der Waals surface area contributed by atoms with Crippen molar-refractivity contribution >= 4 is 0 Å². The van der Waals surface area contributed by atoms with Gasteiger partial charge in [0.15, 0.2) is 11.9 Å². The van der Waals surface area contributed by atoms with Gasteiger partial charge in [-0.05, 0) is 19.9 Å². The zero-order valence-corrected chi connectivity index (χ0v) is 13.2. The Morgan fingerprint density at radius 3 is 2.67 bits per heavy atom. The van der Waals surface area contributed by atoms with Crippen LogP contribution in [0.25, 0.3) is 5.69 Å². The van der Waals surface area contributed by atoms with Crippen LogP contribution < -0.4 is 16.0 Å². The van der Waals surface area contributed by atoms with E-state index in [4.69, 9.17) is 16.4 Å². The van der Waals surface area contributed by atoms with E-state index >= 15 is 0 Å². The largest absolute Gasteiger partial charge is 0.477 e. The molecule has 0 aliphatic heterocycles. The van der Waals surface area contributed by atoms with Crippen molar-refractivity contribution in [3.05, 3.63) is 50.0 Å². The summed E-state index contributed by atoms with van der Waals surface area (Å²) < 4.78 is 21.3. The molecule has 122 valence electrons. The summed E-state index contributed by atoms with van der Waals surface area (Å²) in [5.41, 5.74) is -1.72. The fourth-order valence-corrected chi connectivity index (χ4v) is 1.98. The van der Waals surface area contributed by atoms with E-state index in [0.29, 0.717) is 0 Å². The van der Waals surface area contributed by atoms with Gasteiger partial charge in [0, 0.05) is 13.1 Å². The van der Waals surface area contributed by atoms with Crippen LogP contribution in [0.4, 0.5) is 4.39 Å². The number of aryl methyl sites for hydroxylation is 1. The summed E-state index contributed by atoms with van der Waals surface area (Å²) in [4.78, 5) is 23.9. The van der Waals surface area contributed by atoms with Crippen LogP contribution in [0.3, 0.4) is 0 Å². The zero-order valence-electron chi connectivity index (χ0n) is 13.2. The lowest BCUT2D eigenvalue weighted by Crippen LogP contribution is -2.40. The Bertz CT molecular complexity index is 1010. The summed E-state index contributed by atoms with van der Waals surface area (Å²) in [6.45, 7) is 2.97. The van der Waals surface area contributed by atoms with Crippen molar-refractivity contribution in [2.75, 3.05) is 0 Å². The van der Waals surface area contributed by atoms with Gasteiger partial charge in [0.25, 0.3) is 5.56 Å². The van der Waals surface area contributed by atoms with Crippen molar-refractivity contribution in [2.24, 2.45) is 7.05 Å². The highest BCUT2D eigenvalue weighted by Gasteiger charge is 2.17. The first-order valence-electron chi connectivity index (χ1n) is 6.84. The number of terminal acetylenes is 1. The third-order valence-electron chi connectivity index (χ3n) is 3.27. The van der Waals surface area contributed by atoms with Crippen LogP contribution in [-0.4, -0.2) is 20.5 Å². The predicted octanol–water partition coefficient (Wildman–Crippen LogP) is 0.651. The number of nitrogens with zero attached hydrogens (tertiary/aromatic N) is 4. The van der Waals surface area contributed by atoms with Crippen LogP contribution in [0.2, 0.25) is 0 Å². The number of halogens is 1. The molecule has 2 aromatic rings. The molecule has 0 spiro atoms. The molecule has 0 saturated heterocycles. The van der Waals surface area contributed by atoms with Gasteiger partial charge in [0.05, 0.1) is 5.56 Å². The summed E-state index contributed by atoms with van der Waals surface area (Å²) in [6, 6.07) is 3.87. The standard InChI is InChI=1S/C16H13FN4O3/c1-5-9(2)24-14-7-13(12(17)6-11(14)8-18)21-16(23)20(4)15(22)10(3)19-21/h1,6-7,9H,2-4H3. The lowest BCUT2D eigenvalue weighted by molar-refractivity contribution is 0.277. The smallest absolute Gasteiger partial charge is 0.352 e. The molecule has 2 rings (SSSR count). The number of benzene rings is 1. The second-order valence-corrected chi connectivity index (χ2v) is 4.98. The quantitative estimate of drug-likeness (QED) is 0.772. The zero-order chi connectivity index (χ0) is 18.0. The molecule has 24 heavy (non-hydrogen) atoms. The van der Waals surface area contributed by atoms with Gasteiger partial charge in [-0.1, -0.05) is 5.92 Å². The van der Waals surface area contributed by atoms with Crippen molar-refractivity contribution in [1.82, 2.24) is 14.3 Å². The van der Waals surface area contributed by atoms with Gasteiger partial charge in [-0.15, -0.1) is 6.42 Å². The van der Waals surface area contributed by atoms with Gasteiger partial charge in [0.2, 0.25) is 0 Å². The molecule has 1 aromatic heterocycles. The average molecular weight is 328 g/mol. The number of hydrogen-bond acceptors (Lipinski definition) is 5. The Kier molecular flexibility index (Phi) is 4.52. The summed E-state index contributed by atoms with van der Waals surface area (Å²) in [7, 11) is 1.26. The average Bonchev–Trinajstić information content (AvgIpc) is 2.57. The minimum Gasteiger partial charge on any atom is -0.477 e. The van der Waals surface area contributed by atoms with E-state index < -0.39 is 23.2 Å². The second-order valence-electron chi connectivity index (χ2n) is 4.98. The third-order valence-corrected chi connectivity index (χ3v) is 3.27. The Hall–Kier alpha value is -3.39. The van der Waals surface area contributed by atoms with E-state index in [1.165, 1.54) is 14.0 Å². The molecule has 0 radical (unpaired) electrons. The molecular weight excluding hydrogens is 315 g/mol. The van der Waals surface area contributed by atoms with Crippen LogP contribution in [-0.2, 0) is 7.05 Å². The van der Waals surface area contributed by atoms with Crippen molar-refractivity contribution in [3.63, 3.8) is 0 Å². The number of ether oxygens (including phenoxy) is 1. The van der Waals surface area contributed by atoms with Crippen LogP contribution in [0, 0.1) is 36.4 Å². The third kappa shape index (κ3) is 2.90. The highest BCUT2D eigenvalue weighted by atomic mass is 19.1. The molecule has 0 saturated carbocycles. The molecule has 1 unspecified atom stereocenters. The number of rotatable bonds is 3. The molecule has 1 heterocycles. The first-order valence-corrected chi connectivity index (χ1v) is 6.84. The topological polar surface area (TPSA) is 89.9 Å². The molecule has 0 amide bonds. The lowest BCUT2D eigenvalue weighted by atomic mass is 10.2. The van der Waals surface area contributed by atoms with Gasteiger partial charge >= 0.3 is 5.69 Å². The molecule has 0 fully saturated rings. The molecule has 7 nitrogen and oxygen atoms in total. The van der Waals surface area contributed by atoms with E-state index in [1.54, 1.807) is 13.0 Å². The highest BCUT2D eigenvalue weighted by molar-refractivity contribution is 5.51. The van der Waals surface area contributed by atoms with E-state index in [-0.39, 0.29) is 22.7 Å². The summed E-state index contributed by atoms with van der Waals surface area (Å²) >= 11 is 0. The molecule has 1 atom stereocenters. The first kappa shape index (κ1) is 17.0. The van der Waals surface area contributed by atoms with Crippen molar-refractivity contribution in [3.8, 4) is 29.8 Å². The fourth-order valence-electron chi connectivity index (χ4n) is 1.98. The van der Waals surface area contributed by atoms with Crippen LogP contribution in [0.5, 0.6) is 5.75 Å². The minimum atomic E-state index is -0.861. The maximum atomic E-state index is 14.3. The normalized spacial score (nSPS) is 11.4. The first-order chi connectivity index (χ1) is 11.3. The molecule has 0 bridgehead atoms. The summed E-state index contributed by atoms with van der Waals surface area (Å²) in [5, 5.41) is 12.9. The SMILES string of the molecule is C#CC(C)Oc1cc(-n2nc(C)c(=O)n(C)c2=O)c(F)cc1C#N. The van der Waals surface area contributed by atoms with Gasteiger partial charge in [-0.25, -0.2) is 9.18 Å². The monoisotopic (exact) mass is 328 g/mol. The highest BCUT2D eigenvalue weighted by Crippen LogP contribution is 2.25. The Balaban J connectivity index is 2.75. The van der Waals surface area contributed by atoms with Crippen molar-refractivity contribution in [1.29, 1.82) is 5.26 Å². The number of aromatic nitrogens is 3.